The maximum absolute atomic E-state index is 12.5. The van der Waals surface area contributed by atoms with Crippen molar-refractivity contribution in [1.29, 1.82) is 0 Å². The lowest BCUT2D eigenvalue weighted by Gasteiger charge is -2.21. The Morgan fingerprint density at radius 1 is 1.46 bits per heavy atom. The smallest absolute Gasteiger partial charge is 0.226 e. The van der Waals surface area contributed by atoms with Gasteiger partial charge in [-0.3, -0.25) is 15.2 Å². The number of nitrogens with zero attached hydrogens (tertiary/aromatic N) is 2. The lowest BCUT2D eigenvalue weighted by Crippen LogP contribution is -2.38. The van der Waals surface area contributed by atoms with Crippen LogP contribution in [0.3, 0.4) is 0 Å². The zero-order valence-corrected chi connectivity index (χ0v) is 16.9. The van der Waals surface area contributed by atoms with Crippen molar-refractivity contribution in [2.24, 2.45) is 10.9 Å². The number of carbonyl (C=O) groups is 1. The fourth-order valence-corrected chi connectivity index (χ4v) is 3.36. The van der Waals surface area contributed by atoms with Gasteiger partial charge < -0.3 is 14.8 Å². The standard InChI is InChI=1S/C19H26ClN5O3/c1-12(11-27-2)21-19(22-17(26)9-13-5-7-28-8-6-13)23-18-15-4-3-14(20)10-16(15)24-25-18/h3-4,10,12-13H,5-9,11H2,1-2H3,(H3,21,22,23,24,25,26). The van der Waals surface area contributed by atoms with Gasteiger partial charge in [-0.15, -0.1) is 0 Å². The Morgan fingerprint density at radius 3 is 3.00 bits per heavy atom. The number of guanidine groups is 1. The van der Waals surface area contributed by atoms with Crippen molar-refractivity contribution in [2.45, 2.75) is 32.2 Å². The predicted molar refractivity (Wildman–Crippen MR) is 110 cm³/mol. The number of H-pyrrole nitrogens is 1. The molecule has 28 heavy (non-hydrogen) atoms. The van der Waals surface area contributed by atoms with Gasteiger partial charge in [-0.1, -0.05) is 11.6 Å². The van der Waals surface area contributed by atoms with E-state index in [4.69, 9.17) is 21.1 Å². The minimum atomic E-state index is -0.129. The molecule has 1 aliphatic heterocycles. The molecule has 1 atom stereocenters. The summed E-state index contributed by atoms with van der Waals surface area (Å²) >= 11 is 6.03. The summed E-state index contributed by atoms with van der Waals surface area (Å²) in [6.45, 7) is 3.78. The second-order valence-electron chi connectivity index (χ2n) is 6.98. The first-order chi connectivity index (χ1) is 13.5. The predicted octanol–water partition coefficient (Wildman–Crippen LogP) is 2.95. The molecule has 0 radical (unpaired) electrons. The van der Waals surface area contributed by atoms with Crippen molar-refractivity contribution >= 4 is 40.2 Å². The Bertz CT molecular complexity index is 832. The number of ether oxygens (including phenoxy) is 2. The number of halogens is 1. The molecule has 0 aliphatic carbocycles. The van der Waals surface area contributed by atoms with Gasteiger partial charge in [0.25, 0.3) is 0 Å². The number of nitrogens with one attached hydrogen (secondary N) is 3. The van der Waals surface area contributed by atoms with Crippen LogP contribution in [-0.2, 0) is 14.3 Å². The number of amides is 1. The molecule has 1 unspecified atom stereocenters. The van der Waals surface area contributed by atoms with E-state index in [1.807, 2.05) is 13.0 Å². The summed E-state index contributed by atoms with van der Waals surface area (Å²) < 4.78 is 10.5. The van der Waals surface area contributed by atoms with Gasteiger partial charge >= 0.3 is 0 Å². The molecule has 1 saturated heterocycles. The molecule has 2 heterocycles. The largest absolute Gasteiger partial charge is 0.382 e. The lowest BCUT2D eigenvalue weighted by atomic mass is 9.96. The molecular weight excluding hydrogens is 382 g/mol. The van der Waals surface area contributed by atoms with Crippen LogP contribution < -0.4 is 10.6 Å². The molecular formula is C19H26ClN5O3. The van der Waals surface area contributed by atoms with E-state index in [1.54, 1.807) is 19.2 Å². The van der Waals surface area contributed by atoms with Crippen LogP contribution in [-0.4, -0.2) is 55.0 Å². The summed E-state index contributed by atoms with van der Waals surface area (Å²) in [7, 11) is 1.62. The molecule has 2 aromatic rings. The Kier molecular flexibility index (Phi) is 7.24. The minimum absolute atomic E-state index is 0.0781. The van der Waals surface area contributed by atoms with E-state index < -0.39 is 0 Å². The number of aromatic amines is 1. The van der Waals surface area contributed by atoms with Crippen LogP contribution in [0.15, 0.2) is 23.2 Å². The summed E-state index contributed by atoms with van der Waals surface area (Å²) in [6, 6.07) is 5.32. The molecule has 0 saturated carbocycles. The monoisotopic (exact) mass is 407 g/mol. The molecule has 8 nitrogen and oxygen atoms in total. The Labute approximate surface area is 169 Å². The van der Waals surface area contributed by atoms with Crippen LogP contribution in [0.5, 0.6) is 0 Å². The van der Waals surface area contributed by atoms with Gasteiger partial charge in [0.2, 0.25) is 11.9 Å². The van der Waals surface area contributed by atoms with Crippen LogP contribution in [0.4, 0.5) is 5.82 Å². The number of rotatable bonds is 6. The highest BCUT2D eigenvalue weighted by Gasteiger charge is 2.19. The Morgan fingerprint density at radius 2 is 2.25 bits per heavy atom. The van der Waals surface area contributed by atoms with Crippen molar-refractivity contribution in [2.75, 3.05) is 32.2 Å². The first kappa shape index (κ1) is 20.6. The highest BCUT2D eigenvalue weighted by atomic mass is 35.5. The average molecular weight is 408 g/mol. The maximum Gasteiger partial charge on any atom is 0.226 e. The number of carbonyl (C=O) groups excluding carboxylic acids is 1. The number of aromatic nitrogens is 2. The van der Waals surface area contributed by atoms with E-state index in [9.17, 15) is 4.79 Å². The number of fused-ring (bicyclic) bond motifs is 1. The number of methoxy groups -OCH3 is 1. The third-order valence-electron chi connectivity index (χ3n) is 4.59. The second-order valence-corrected chi connectivity index (χ2v) is 7.41. The summed E-state index contributed by atoms with van der Waals surface area (Å²) in [5.41, 5.74) is 0.799. The minimum Gasteiger partial charge on any atom is -0.382 e. The van der Waals surface area contributed by atoms with Gasteiger partial charge in [0.15, 0.2) is 5.82 Å². The van der Waals surface area contributed by atoms with E-state index in [1.165, 1.54) is 0 Å². The first-order valence-corrected chi connectivity index (χ1v) is 9.78. The van der Waals surface area contributed by atoms with Crippen molar-refractivity contribution in [3.05, 3.63) is 23.2 Å². The molecule has 1 aromatic heterocycles. The fourth-order valence-electron chi connectivity index (χ4n) is 3.19. The number of benzene rings is 1. The van der Waals surface area contributed by atoms with Gasteiger partial charge in [-0.25, -0.2) is 4.99 Å². The van der Waals surface area contributed by atoms with E-state index in [0.717, 1.165) is 23.7 Å². The zero-order chi connectivity index (χ0) is 19.9. The molecule has 0 bridgehead atoms. The fraction of sp³-hybridized carbons (Fsp3) is 0.526. The van der Waals surface area contributed by atoms with E-state index in [2.05, 4.69) is 25.8 Å². The van der Waals surface area contributed by atoms with Gasteiger partial charge in [0.1, 0.15) is 0 Å². The van der Waals surface area contributed by atoms with Crippen molar-refractivity contribution in [3.63, 3.8) is 0 Å². The third kappa shape index (κ3) is 5.67. The molecule has 0 spiro atoms. The molecule has 152 valence electrons. The molecule has 1 aliphatic rings. The molecule has 1 amide bonds. The topological polar surface area (TPSA) is 101 Å². The molecule has 9 heteroatoms. The normalized spacial score (nSPS) is 16.9. The Hall–Kier alpha value is -2.16. The van der Waals surface area contributed by atoms with Gasteiger partial charge in [-0.2, -0.15) is 5.10 Å². The van der Waals surface area contributed by atoms with Crippen molar-refractivity contribution in [1.82, 2.24) is 15.5 Å². The van der Waals surface area contributed by atoms with Crippen molar-refractivity contribution in [3.8, 4) is 0 Å². The Balaban J connectivity index is 1.73. The van der Waals surface area contributed by atoms with Crippen LogP contribution >= 0.6 is 11.6 Å². The highest BCUT2D eigenvalue weighted by Crippen LogP contribution is 2.23. The lowest BCUT2D eigenvalue weighted by molar-refractivity contribution is -0.121. The SMILES string of the molecule is COCC(C)N=C(NC(=O)CC1CCOCC1)Nc1n[nH]c2cc(Cl)ccc12. The van der Waals surface area contributed by atoms with Crippen LogP contribution in [0.25, 0.3) is 10.9 Å². The molecule has 1 aromatic carbocycles. The van der Waals surface area contributed by atoms with Crippen LogP contribution in [0.2, 0.25) is 5.02 Å². The van der Waals surface area contributed by atoms with Gasteiger partial charge in [-0.05, 0) is 43.9 Å². The molecule has 1 fully saturated rings. The average Bonchev–Trinajstić information content (AvgIpc) is 3.04. The highest BCUT2D eigenvalue weighted by molar-refractivity contribution is 6.31. The van der Waals surface area contributed by atoms with Crippen LogP contribution in [0.1, 0.15) is 26.2 Å². The van der Waals surface area contributed by atoms with Gasteiger partial charge in [0, 0.05) is 37.2 Å². The summed E-state index contributed by atoms with van der Waals surface area (Å²) in [6.07, 6.45) is 2.25. The summed E-state index contributed by atoms with van der Waals surface area (Å²) in [4.78, 5) is 17.1. The molecule has 3 rings (SSSR count). The zero-order valence-electron chi connectivity index (χ0n) is 16.1. The second kappa shape index (κ2) is 9.86. The van der Waals surface area contributed by atoms with E-state index >= 15 is 0 Å². The maximum atomic E-state index is 12.5. The van der Waals surface area contributed by atoms with Gasteiger partial charge in [0.05, 0.1) is 18.2 Å². The summed E-state index contributed by atoms with van der Waals surface area (Å²) in [5, 5.41) is 14.7. The van der Waals surface area contributed by atoms with E-state index in [0.29, 0.717) is 49.0 Å². The third-order valence-corrected chi connectivity index (χ3v) is 4.83. The number of hydrogen-bond donors (Lipinski definition) is 3. The number of hydrogen-bond acceptors (Lipinski definition) is 5. The van der Waals surface area contributed by atoms with Crippen molar-refractivity contribution < 1.29 is 14.3 Å². The van der Waals surface area contributed by atoms with Crippen LogP contribution in [0, 0.1) is 5.92 Å². The quantitative estimate of drug-likeness (QED) is 0.505. The number of anilines is 1. The summed E-state index contributed by atoms with van der Waals surface area (Å²) in [5.74, 6) is 1.18. The number of aliphatic imine (C=N–C) groups is 1. The van der Waals surface area contributed by atoms with E-state index in [-0.39, 0.29) is 11.9 Å². The molecule has 3 N–H and O–H groups in total. The first-order valence-electron chi connectivity index (χ1n) is 9.40.